The number of carbonyl (C=O) groups excluding carboxylic acids is 2. The van der Waals surface area contributed by atoms with E-state index in [4.69, 9.17) is 4.55 Å². The molecule has 0 spiro atoms. The van der Waals surface area contributed by atoms with Gasteiger partial charge in [0.25, 0.3) is 12.0 Å². The van der Waals surface area contributed by atoms with Gasteiger partial charge in [-0.15, -0.1) is 0 Å². The van der Waals surface area contributed by atoms with Crippen LogP contribution in [0.25, 0.3) is 10.8 Å². The van der Waals surface area contributed by atoms with Gasteiger partial charge in [0.2, 0.25) is 0 Å². The highest BCUT2D eigenvalue weighted by molar-refractivity contribution is 14.1. The van der Waals surface area contributed by atoms with Gasteiger partial charge in [0, 0.05) is 21.8 Å². The molecular weight excluding hydrogens is 870 g/mol. The van der Waals surface area contributed by atoms with E-state index in [0.29, 0.717) is 9.13 Å². The molecule has 0 aliphatic rings. The molecule has 0 saturated heterocycles. The molecule has 0 aromatic heterocycles. The minimum absolute atomic E-state index is 0.0756. The highest BCUT2D eigenvalue weighted by Crippen LogP contribution is 2.39. The fourth-order valence-electron chi connectivity index (χ4n) is 3.13. The van der Waals surface area contributed by atoms with Gasteiger partial charge >= 0.3 is 27.5 Å². The highest BCUT2D eigenvalue weighted by Gasteiger charge is 2.66. The van der Waals surface area contributed by atoms with Gasteiger partial charge in [0.1, 0.15) is 0 Å². The van der Waals surface area contributed by atoms with Crippen LogP contribution < -0.4 is 5.32 Å². The molecule has 0 fully saturated rings. The van der Waals surface area contributed by atoms with Gasteiger partial charge in [-0.05, 0) is 97.4 Å². The lowest BCUT2D eigenvalue weighted by molar-refractivity contribution is -0.247. The summed E-state index contributed by atoms with van der Waals surface area (Å²) >= 11 is 6.09. The number of benzene rings is 3. The number of amides is 1. The summed E-state index contributed by atoms with van der Waals surface area (Å²) in [5.41, 5.74) is -0.130. The number of ether oxygens (including phenoxy) is 1. The van der Waals surface area contributed by atoms with E-state index in [2.05, 4.69) is 32.6 Å². The molecule has 3 rings (SSSR count). The first-order chi connectivity index (χ1) is 16.9. The van der Waals surface area contributed by atoms with Crippen LogP contribution in [0.4, 0.5) is 27.6 Å². The summed E-state index contributed by atoms with van der Waals surface area (Å²) in [6.45, 7) is 0. The molecule has 0 aliphatic heterocycles. The molecule has 0 saturated carbocycles. The van der Waals surface area contributed by atoms with Crippen molar-refractivity contribution >= 4 is 106 Å². The second-order valence-electron chi connectivity index (χ2n) is 7.27. The van der Waals surface area contributed by atoms with Crippen molar-refractivity contribution in [3.63, 3.8) is 0 Å². The predicted molar refractivity (Wildman–Crippen MR) is 148 cm³/mol. The van der Waals surface area contributed by atoms with E-state index >= 15 is 0 Å². The van der Waals surface area contributed by atoms with Crippen LogP contribution in [0.5, 0.6) is 0 Å². The molecular formula is C21H11F5I3NO6S. The number of alkyl halides is 5. The molecule has 3 aromatic rings. The van der Waals surface area contributed by atoms with Crippen molar-refractivity contribution in [1.82, 2.24) is 0 Å². The fraction of sp³-hybridized carbons (Fsp3) is 0.143. The first-order valence-electron chi connectivity index (χ1n) is 9.55. The number of hydrogen-bond acceptors (Lipinski definition) is 5. The van der Waals surface area contributed by atoms with Crippen LogP contribution in [0.15, 0.2) is 48.5 Å². The molecule has 16 heteroatoms. The second kappa shape index (κ2) is 11.0. The third kappa shape index (κ3) is 6.44. The molecule has 0 aliphatic carbocycles. The zero-order valence-electron chi connectivity index (χ0n) is 17.6. The first-order valence-corrected chi connectivity index (χ1v) is 14.2. The van der Waals surface area contributed by atoms with Crippen molar-refractivity contribution in [2.24, 2.45) is 0 Å². The Hall–Kier alpha value is -1.39. The SMILES string of the molecule is O=C(Nc1ccc(C(=O)OC(C(F)(F)F)C(F)(F)S(=O)(=O)O)c2ccccc12)c1cc(I)cc(I)c1I. The van der Waals surface area contributed by atoms with Gasteiger partial charge in [-0.3, -0.25) is 9.35 Å². The van der Waals surface area contributed by atoms with Gasteiger partial charge < -0.3 is 10.1 Å². The quantitative estimate of drug-likeness (QED) is 0.0967. The number of fused-ring (bicyclic) bond motifs is 1. The van der Waals surface area contributed by atoms with Crippen LogP contribution in [0, 0.1) is 10.7 Å². The van der Waals surface area contributed by atoms with Crippen LogP contribution in [0.2, 0.25) is 0 Å². The minimum Gasteiger partial charge on any atom is -0.441 e. The summed E-state index contributed by atoms with van der Waals surface area (Å²) < 4.78 is 104. The lowest BCUT2D eigenvalue weighted by Crippen LogP contribution is -2.52. The van der Waals surface area contributed by atoms with E-state index in [-0.39, 0.29) is 16.5 Å². The number of carbonyl (C=O) groups is 2. The number of hydrogen-bond donors (Lipinski definition) is 2. The fourth-order valence-corrected chi connectivity index (χ4v) is 5.98. The minimum atomic E-state index is -6.59. The average molecular weight is 881 g/mol. The van der Waals surface area contributed by atoms with Crippen LogP contribution in [0.1, 0.15) is 20.7 Å². The van der Waals surface area contributed by atoms with Crippen molar-refractivity contribution in [3.8, 4) is 0 Å². The van der Waals surface area contributed by atoms with Crippen molar-refractivity contribution in [2.75, 3.05) is 5.32 Å². The van der Waals surface area contributed by atoms with Gasteiger partial charge in [-0.2, -0.15) is 30.4 Å². The molecule has 0 heterocycles. The Morgan fingerprint density at radius 1 is 0.919 bits per heavy atom. The Morgan fingerprint density at radius 2 is 1.51 bits per heavy atom. The molecule has 1 atom stereocenters. The van der Waals surface area contributed by atoms with E-state index in [1.165, 1.54) is 24.3 Å². The zero-order valence-corrected chi connectivity index (χ0v) is 24.9. The van der Waals surface area contributed by atoms with E-state index < -0.39 is 45.1 Å². The maximum absolute atomic E-state index is 13.9. The third-order valence-electron chi connectivity index (χ3n) is 4.80. The lowest BCUT2D eigenvalue weighted by Gasteiger charge is -2.26. The molecule has 198 valence electrons. The second-order valence-corrected chi connectivity index (χ2v) is 12.3. The number of rotatable bonds is 6. The lowest BCUT2D eigenvalue weighted by atomic mass is 10.0. The van der Waals surface area contributed by atoms with E-state index in [1.807, 2.05) is 51.2 Å². The van der Waals surface area contributed by atoms with E-state index in [0.717, 1.165) is 19.3 Å². The Balaban J connectivity index is 2.02. The smallest absolute Gasteiger partial charge is 0.432 e. The van der Waals surface area contributed by atoms with Crippen molar-refractivity contribution in [3.05, 3.63) is 70.4 Å². The Morgan fingerprint density at radius 3 is 2.08 bits per heavy atom. The summed E-state index contributed by atoms with van der Waals surface area (Å²) in [5.74, 6) is -2.45. The predicted octanol–water partition coefficient (Wildman–Crippen LogP) is 6.47. The summed E-state index contributed by atoms with van der Waals surface area (Å²) in [7, 11) is -6.59. The monoisotopic (exact) mass is 881 g/mol. The van der Waals surface area contributed by atoms with Crippen molar-refractivity contribution in [2.45, 2.75) is 17.5 Å². The van der Waals surface area contributed by atoms with Crippen LogP contribution in [0.3, 0.4) is 0 Å². The van der Waals surface area contributed by atoms with Crippen LogP contribution in [-0.4, -0.2) is 42.4 Å². The maximum atomic E-state index is 13.9. The Bertz CT molecular complexity index is 1510. The molecule has 37 heavy (non-hydrogen) atoms. The molecule has 7 nitrogen and oxygen atoms in total. The van der Waals surface area contributed by atoms with Gasteiger partial charge in [-0.1, -0.05) is 24.3 Å². The standard InChI is InChI=1S/C21H11F5I3NO6S/c22-20(23,24)19(21(25,26)37(33,34)35)36-18(32)12-5-6-15(11-4-2-1-3-10(11)12)30-17(31)13-7-9(27)8-14(28)16(13)29/h1-8,19H,(H,30,31)(H,33,34,35). The normalized spacial score (nSPS) is 13.3. The first kappa shape index (κ1) is 30.2. The topological polar surface area (TPSA) is 110 Å². The molecule has 0 radical (unpaired) electrons. The largest absolute Gasteiger partial charge is 0.441 e. The van der Waals surface area contributed by atoms with Gasteiger partial charge in [0.15, 0.2) is 0 Å². The maximum Gasteiger partial charge on any atom is 0.432 e. The number of halogens is 8. The molecule has 1 unspecified atom stereocenters. The number of nitrogens with one attached hydrogen (secondary N) is 1. The van der Waals surface area contributed by atoms with Crippen molar-refractivity contribution in [1.29, 1.82) is 0 Å². The van der Waals surface area contributed by atoms with E-state index in [1.54, 1.807) is 6.07 Å². The Kier molecular flexibility index (Phi) is 8.97. The van der Waals surface area contributed by atoms with E-state index in [9.17, 15) is 40.0 Å². The molecule has 2 N–H and O–H groups in total. The summed E-state index contributed by atoms with van der Waals surface area (Å²) in [5, 5.41) is -3.13. The average Bonchev–Trinajstić information content (AvgIpc) is 2.78. The molecule has 3 aromatic carbocycles. The van der Waals surface area contributed by atoms with Crippen molar-refractivity contribution < 1.29 is 49.2 Å². The number of esters is 1. The summed E-state index contributed by atoms with van der Waals surface area (Å²) in [6.07, 6.45) is -10.5. The molecule has 1 amide bonds. The summed E-state index contributed by atoms with van der Waals surface area (Å²) in [4.78, 5) is 25.5. The molecule has 0 bridgehead atoms. The zero-order chi connectivity index (χ0) is 27.9. The van der Waals surface area contributed by atoms with Gasteiger partial charge in [0.05, 0.1) is 11.1 Å². The number of anilines is 1. The summed E-state index contributed by atoms with van der Waals surface area (Å²) in [6, 6.07) is 11.2. The van der Waals surface area contributed by atoms with Gasteiger partial charge in [-0.25, -0.2) is 4.79 Å². The van der Waals surface area contributed by atoms with Crippen LogP contribution in [-0.2, 0) is 14.9 Å². The Labute approximate surface area is 246 Å². The third-order valence-corrected chi connectivity index (χ3v) is 9.37. The van der Waals surface area contributed by atoms with Crippen LogP contribution >= 0.6 is 67.8 Å². The highest BCUT2D eigenvalue weighted by atomic mass is 127.